The second kappa shape index (κ2) is 6.87. The summed E-state index contributed by atoms with van der Waals surface area (Å²) in [4.78, 5) is 13.7. The van der Waals surface area contributed by atoms with Crippen molar-refractivity contribution in [3.8, 4) is 0 Å². The number of benzene rings is 1. The lowest BCUT2D eigenvalue weighted by Gasteiger charge is -2.33. The maximum atomic E-state index is 12.6. The number of piperidine rings is 1. The van der Waals surface area contributed by atoms with Crippen molar-refractivity contribution in [2.24, 2.45) is 5.92 Å². The number of hydrogen-bond donors (Lipinski definition) is 1. The number of carbonyl (C=O) groups is 1. The van der Waals surface area contributed by atoms with Crippen molar-refractivity contribution in [1.82, 2.24) is 4.90 Å². The Morgan fingerprint density at radius 1 is 1.29 bits per heavy atom. The second-order valence-electron chi connectivity index (χ2n) is 4.84. The van der Waals surface area contributed by atoms with Crippen LogP contribution in [0.3, 0.4) is 0 Å². The quantitative estimate of drug-likeness (QED) is 0.744. The molecule has 0 unspecified atom stereocenters. The number of amides is 1. The van der Waals surface area contributed by atoms with Crippen LogP contribution < -0.4 is 5.73 Å². The Labute approximate surface area is 135 Å². The molecule has 2 N–H and O–H groups in total. The van der Waals surface area contributed by atoms with Gasteiger partial charge in [-0.15, -0.1) is 12.4 Å². The second-order valence-corrected chi connectivity index (χ2v) is 5.76. The summed E-state index contributed by atoms with van der Waals surface area (Å²) >= 11 is 3.24. The number of hydrogen-bond acceptors (Lipinski definition) is 2. The molecule has 21 heavy (non-hydrogen) atoms. The molecule has 3 nitrogen and oxygen atoms in total. The molecule has 0 radical (unpaired) electrons. The summed E-state index contributed by atoms with van der Waals surface area (Å²) in [7, 11) is 0. The van der Waals surface area contributed by atoms with Crippen molar-refractivity contribution in [3.05, 3.63) is 28.2 Å². The van der Waals surface area contributed by atoms with E-state index in [2.05, 4.69) is 15.9 Å². The van der Waals surface area contributed by atoms with E-state index in [9.17, 15) is 18.0 Å². The average molecular weight is 388 g/mol. The number of likely N-dealkylation sites (tertiary alicyclic amines) is 1. The Hall–Kier alpha value is -0.950. The highest BCUT2D eigenvalue weighted by Crippen LogP contribution is 2.34. The van der Waals surface area contributed by atoms with Gasteiger partial charge in [0.2, 0.25) is 0 Å². The minimum absolute atomic E-state index is 0. The fourth-order valence-corrected chi connectivity index (χ4v) is 2.69. The van der Waals surface area contributed by atoms with Crippen LogP contribution in [0.25, 0.3) is 0 Å². The molecule has 2 rings (SSSR count). The Morgan fingerprint density at radius 2 is 1.86 bits per heavy atom. The summed E-state index contributed by atoms with van der Waals surface area (Å²) in [6, 6.07) is 4.87. The molecule has 1 fully saturated rings. The average Bonchev–Trinajstić information content (AvgIpc) is 2.37. The van der Waals surface area contributed by atoms with Crippen LogP contribution >= 0.6 is 28.3 Å². The summed E-state index contributed by atoms with van der Waals surface area (Å²) < 4.78 is 38.5. The van der Waals surface area contributed by atoms with Gasteiger partial charge < -0.3 is 10.6 Å². The number of nitrogens with zero attached hydrogens (tertiary/aromatic N) is 1. The molecule has 0 aromatic heterocycles. The Kier molecular flexibility index (Phi) is 5.92. The maximum absolute atomic E-state index is 12.6. The molecule has 1 heterocycles. The van der Waals surface area contributed by atoms with E-state index in [1.54, 1.807) is 18.2 Å². The highest BCUT2D eigenvalue weighted by molar-refractivity contribution is 9.10. The predicted octanol–water partition coefficient (Wildman–Crippen LogP) is 3.87. The molecule has 0 spiro atoms. The van der Waals surface area contributed by atoms with Crippen LogP contribution in [0.1, 0.15) is 23.2 Å². The number of nitrogen functional groups attached to an aromatic ring is 1. The first-order valence-corrected chi connectivity index (χ1v) is 6.99. The molecule has 1 aromatic carbocycles. The van der Waals surface area contributed by atoms with Gasteiger partial charge in [-0.05, 0) is 31.0 Å². The van der Waals surface area contributed by atoms with Gasteiger partial charge in [-0.1, -0.05) is 15.9 Å². The lowest BCUT2D eigenvalue weighted by molar-refractivity contribution is -0.183. The van der Waals surface area contributed by atoms with Crippen molar-refractivity contribution in [2.45, 2.75) is 19.0 Å². The van der Waals surface area contributed by atoms with E-state index in [-0.39, 0.29) is 44.2 Å². The van der Waals surface area contributed by atoms with Crippen molar-refractivity contribution in [3.63, 3.8) is 0 Å². The van der Waals surface area contributed by atoms with E-state index in [0.717, 1.165) is 4.47 Å². The Bertz CT molecular complexity index is 517. The zero-order valence-corrected chi connectivity index (χ0v) is 13.4. The molecule has 1 aromatic rings. The molecule has 0 aliphatic carbocycles. The number of carbonyl (C=O) groups excluding carboxylic acids is 1. The third-order valence-electron chi connectivity index (χ3n) is 3.49. The third kappa shape index (κ3) is 4.26. The van der Waals surface area contributed by atoms with Gasteiger partial charge in [0.25, 0.3) is 5.91 Å². The zero-order chi connectivity index (χ0) is 14.9. The van der Waals surface area contributed by atoms with Gasteiger partial charge in [0.1, 0.15) is 0 Å². The zero-order valence-electron chi connectivity index (χ0n) is 11.0. The van der Waals surface area contributed by atoms with Crippen LogP contribution in [-0.4, -0.2) is 30.1 Å². The van der Waals surface area contributed by atoms with Crippen molar-refractivity contribution >= 4 is 39.9 Å². The molecule has 0 saturated carbocycles. The normalized spacial score (nSPS) is 16.5. The molecule has 8 heteroatoms. The van der Waals surface area contributed by atoms with Gasteiger partial charge in [0.05, 0.1) is 11.5 Å². The topological polar surface area (TPSA) is 46.3 Å². The van der Waals surface area contributed by atoms with Crippen molar-refractivity contribution in [1.29, 1.82) is 0 Å². The van der Waals surface area contributed by atoms with Crippen LogP contribution in [0.2, 0.25) is 0 Å². The molecule has 1 saturated heterocycles. The van der Waals surface area contributed by atoms with E-state index in [1.807, 2.05) is 0 Å². The molecule has 0 atom stereocenters. The minimum atomic E-state index is -4.17. The molecule has 1 amide bonds. The lowest BCUT2D eigenvalue weighted by Crippen LogP contribution is -2.42. The van der Waals surface area contributed by atoms with Gasteiger partial charge in [-0.2, -0.15) is 13.2 Å². The molecular weight excluding hydrogens is 373 g/mol. The lowest BCUT2D eigenvalue weighted by atomic mass is 9.95. The van der Waals surface area contributed by atoms with Gasteiger partial charge in [0, 0.05) is 23.2 Å². The van der Waals surface area contributed by atoms with Crippen LogP contribution in [0.5, 0.6) is 0 Å². The smallest absolute Gasteiger partial charge is 0.391 e. The van der Waals surface area contributed by atoms with E-state index >= 15 is 0 Å². The van der Waals surface area contributed by atoms with Crippen LogP contribution in [-0.2, 0) is 0 Å². The fraction of sp³-hybridized carbons (Fsp3) is 0.462. The Balaban J connectivity index is 0.00000220. The number of anilines is 1. The summed E-state index contributed by atoms with van der Waals surface area (Å²) in [5.74, 6) is -1.62. The number of alkyl halides is 3. The summed E-state index contributed by atoms with van der Waals surface area (Å²) in [5.41, 5.74) is 6.42. The predicted molar refractivity (Wildman–Crippen MR) is 80.5 cm³/mol. The molecule has 1 aliphatic heterocycles. The van der Waals surface area contributed by atoms with Crippen molar-refractivity contribution < 1.29 is 18.0 Å². The molecule has 1 aliphatic rings. The highest BCUT2D eigenvalue weighted by Gasteiger charge is 2.41. The van der Waals surface area contributed by atoms with Crippen LogP contribution in [0.4, 0.5) is 18.9 Å². The first-order valence-electron chi connectivity index (χ1n) is 6.20. The number of rotatable bonds is 1. The Morgan fingerprint density at radius 3 is 2.33 bits per heavy atom. The van der Waals surface area contributed by atoms with Gasteiger partial charge in [-0.25, -0.2) is 0 Å². The number of nitrogens with two attached hydrogens (primary N) is 1. The SMILES string of the molecule is Cl.Nc1cc(Br)ccc1C(=O)N1CCC(C(F)(F)F)CC1. The molecule has 118 valence electrons. The first-order chi connectivity index (χ1) is 9.29. The molecular formula is C13H15BrClF3N2O. The van der Waals surface area contributed by atoms with Gasteiger partial charge in [-0.3, -0.25) is 4.79 Å². The van der Waals surface area contributed by atoms with E-state index in [1.165, 1.54) is 4.90 Å². The van der Waals surface area contributed by atoms with Crippen LogP contribution in [0.15, 0.2) is 22.7 Å². The van der Waals surface area contributed by atoms with E-state index in [0.29, 0.717) is 11.3 Å². The maximum Gasteiger partial charge on any atom is 0.391 e. The summed E-state index contributed by atoms with van der Waals surface area (Å²) in [6.07, 6.45) is -4.27. The largest absolute Gasteiger partial charge is 0.398 e. The fourth-order valence-electron chi connectivity index (χ4n) is 2.31. The third-order valence-corrected chi connectivity index (χ3v) is 3.98. The van der Waals surface area contributed by atoms with E-state index in [4.69, 9.17) is 5.73 Å². The monoisotopic (exact) mass is 386 g/mol. The standard InChI is InChI=1S/C13H14BrF3N2O.ClH/c14-9-1-2-10(11(18)7-9)12(20)19-5-3-8(4-6-19)13(15,16)17;/h1-2,7-8H,3-6,18H2;1H. The number of halogens is 5. The van der Waals surface area contributed by atoms with Crippen molar-refractivity contribution in [2.75, 3.05) is 18.8 Å². The minimum Gasteiger partial charge on any atom is -0.398 e. The summed E-state index contributed by atoms with van der Waals surface area (Å²) in [6.45, 7) is 0.219. The highest BCUT2D eigenvalue weighted by atomic mass is 79.9. The summed E-state index contributed by atoms with van der Waals surface area (Å²) in [5, 5.41) is 0. The molecule has 0 bridgehead atoms. The first kappa shape index (κ1) is 18.1. The van der Waals surface area contributed by atoms with Crippen LogP contribution in [0, 0.1) is 5.92 Å². The van der Waals surface area contributed by atoms with E-state index < -0.39 is 12.1 Å². The van der Waals surface area contributed by atoms with Gasteiger partial charge in [0.15, 0.2) is 0 Å². The van der Waals surface area contributed by atoms with Gasteiger partial charge >= 0.3 is 6.18 Å².